The van der Waals surface area contributed by atoms with Crippen LogP contribution in [0.5, 0.6) is 0 Å². The molecule has 2 aromatic rings. The molecule has 1 aromatic carbocycles. The summed E-state index contributed by atoms with van der Waals surface area (Å²) in [6, 6.07) is 3.73. The van der Waals surface area contributed by atoms with Crippen molar-refractivity contribution in [2.75, 3.05) is 13.2 Å². The van der Waals surface area contributed by atoms with E-state index >= 15 is 0 Å². The Bertz CT molecular complexity index is 3600. The minimum Gasteiger partial charge on any atom is -0.394 e. The summed E-state index contributed by atoms with van der Waals surface area (Å²) in [5.74, 6) is -7.52. The van der Waals surface area contributed by atoms with Crippen molar-refractivity contribution in [3.63, 3.8) is 0 Å². The van der Waals surface area contributed by atoms with Gasteiger partial charge in [0.25, 0.3) is 0 Å². The number of carbonyl (C=O) groups excluding carboxylic acids is 7. The van der Waals surface area contributed by atoms with E-state index in [1.165, 1.54) is 13.3 Å². The van der Waals surface area contributed by atoms with E-state index in [1.54, 1.807) is 25.3 Å². The van der Waals surface area contributed by atoms with Crippen LogP contribution in [-0.2, 0) is 51.9 Å². The highest BCUT2D eigenvalue weighted by molar-refractivity contribution is 7.47. The lowest BCUT2D eigenvalue weighted by molar-refractivity contribution is -0.123. The highest BCUT2D eigenvalue weighted by atomic mass is 31.2. The highest BCUT2D eigenvalue weighted by Gasteiger charge is 2.65. The molecule has 0 radical (unpaired) electrons. The number of allylic oxidation sites excluding steroid dienone is 6. The number of phosphoric acid groups is 1. The highest BCUT2D eigenvalue weighted by Crippen LogP contribution is 2.62. The Kier molecular flexibility index (Phi) is 19.5. The van der Waals surface area contributed by atoms with Gasteiger partial charge < -0.3 is 64.1 Å². The minimum atomic E-state index is -5.07. The van der Waals surface area contributed by atoms with E-state index < -0.39 is 137 Å². The predicted molar refractivity (Wildman–Crippen MR) is 334 cm³/mol. The molecule has 16 N–H and O–H groups in total. The molecule has 0 saturated carbocycles. The molecule has 1 fully saturated rings. The van der Waals surface area contributed by atoms with E-state index in [0.29, 0.717) is 62.1 Å². The molecule has 7 heterocycles. The maximum absolute atomic E-state index is 14.4. The number of ether oxygens (including phenoxy) is 1. The number of amides is 7. The Morgan fingerprint density at radius 1 is 0.733 bits per heavy atom. The largest absolute Gasteiger partial charge is 0.472 e. The lowest BCUT2D eigenvalue weighted by Gasteiger charge is -2.45. The number of primary amides is 6. The van der Waals surface area contributed by atoms with Crippen molar-refractivity contribution < 1.29 is 67.0 Å². The standard InChI is InChI=1S/C62H88N13O14P/c1-29-20-39-40(21-30(29)2)75(28-70-39)57-52(84)53(41(27-76)87-57)89-90(85,86)88-31(3)26-69-49(83)18-19-59(8)37(22-46(66)80)56-62(11)61(10,25-48(68)82)36(14-17-45(65)79)51(74-62)33(5)55-60(9,24-47(67)81)34(12-15-43(63)77)38(71-55)23-42-58(6,7)35(13-16-44(64)78)50(72-42)32(4)54(59)73-56/h20-21,23,28,31,34-37,41,52-53,57,76,84H,12-19,22,24-27H2,1-11H3,(H2,63,77)(H2,64,78)(H2,65,79)(H2,66,80)(H2,67,81)(H2,68,82)(H,69,83)(H,85,86)/b42-23-,54-32-,55-33-/t31?,34?,35?,36?,37?,41-,52?,53?,57+,59?,60?,61?,62?/m1/s1. The second-order valence-corrected chi connectivity index (χ2v) is 28.2. The summed E-state index contributed by atoms with van der Waals surface area (Å²) in [5, 5.41) is 24.6. The predicted octanol–water partition coefficient (Wildman–Crippen LogP) is 3.65. The smallest absolute Gasteiger partial charge is 0.394 e. The third kappa shape index (κ3) is 12.9. The molecule has 14 atom stereocenters. The quantitative estimate of drug-likeness (QED) is 0.0601. The summed E-state index contributed by atoms with van der Waals surface area (Å²) in [6.07, 6.45) is -4.63. The molecule has 1 saturated heterocycles. The Morgan fingerprint density at radius 2 is 1.31 bits per heavy atom. The van der Waals surface area contributed by atoms with Gasteiger partial charge in [0.15, 0.2) is 6.23 Å². The number of hydrogen-bond acceptors (Lipinski definition) is 18. The van der Waals surface area contributed by atoms with Crippen LogP contribution in [0.4, 0.5) is 0 Å². The Morgan fingerprint density at radius 3 is 1.90 bits per heavy atom. The number of aliphatic imine (C=N–C) groups is 4. The van der Waals surface area contributed by atoms with Crippen LogP contribution < -0.4 is 39.7 Å². The Labute approximate surface area is 522 Å². The molecule has 28 heteroatoms. The van der Waals surface area contributed by atoms with Gasteiger partial charge in [-0.25, -0.2) is 9.55 Å². The Balaban J connectivity index is 1.20. The fraction of sp³-hybridized carbons (Fsp3) is 0.613. The fourth-order valence-electron chi connectivity index (χ4n) is 15.0. The number of carbonyl (C=O) groups is 7. The van der Waals surface area contributed by atoms with E-state index in [1.807, 2.05) is 66.7 Å². The summed E-state index contributed by atoms with van der Waals surface area (Å²) in [6.45, 7) is 19.0. The van der Waals surface area contributed by atoms with E-state index in [9.17, 15) is 53.2 Å². The van der Waals surface area contributed by atoms with Gasteiger partial charge in [-0.1, -0.05) is 34.6 Å². The first-order valence-electron chi connectivity index (χ1n) is 30.4. The van der Waals surface area contributed by atoms with Crippen molar-refractivity contribution in [2.24, 2.45) is 99.7 Å². The number of benzene rings is 1. The monoisotopic (exact) mass is 1270 g/mol. The van der Waals surface area contributed by atoms with Crippen LogP contribution in [0, 0.1) is 59.2 Å². The first-order chi connectivity index (χ1) is 41.8. The van der Waals surface area contributed by atoms with Crippen LogP contribution in [0.25, 0.3) is 11.0 Å². The van der Waals surface area contributed by atoms with Gasteiger partial charge in [-0.2, -0.15) is 0 Å². The number of aromatic nitrogens is 2. The molecule has 90 heavy (non-hydrogen) atoms. The number of imidazole rings is 1. The molecule has 0 aliphatic carbocycles. The van der Waals surface area contributed by atoms with Gasteiger partial charge in [-0.15, -0.1) is 0 Å². The molecular weight excluding hydrogens is 1180 g/mol. The number of aliphatic hydroxyl groups excluding tert-OH is 2. The minimum absolute atomic E-state index is 0.0372. The zero-order valence-electron chi connectivity index (χ0n) is 53.1. The van der Waals surface area contributed by atoms with Crippen molar-refractivity contribution in [2.45, 2.75) is 183 Å². The van der Waals surface area contributed by atoms with Gasteiger partial charge in [0.2, 0.25) is 41.4 Å². The van der Waals surface area contributed by atoms with Gasteiger partial charge in [0.1, 0.15) is 23.9 Å². The summed E-state index contributed by atoms with van der Waals surface area (Å²) < 4.78 is 32.2. The summed E-state index contributed by atoms with van der Waals surface area (Å²) in [5.41, 5.74) is 36.8. The third-order valence-electron chi connectivity index (χ3n) is 20.2. The number of nitrogens with two attached hydrogens (primary N) is 6. The molecule has 8 bridgehead atoms. The number of nitrogens with zero attached hydrogens (tertiary/aromatic N) is 6. The molecular formula is C62H88N13O14P. The molecule has 6 aliphatic rings. The van der Waals surface area contributed by atoms with Crippen LogP contribution >= 0.6 is 7.82 Å². The van der Waals surface area contributed by atoms with Gasteiger partial charge in [0.05, 0.1) is 47.2 Å². The van der Waals surface area contributed by atoms with E-state index in [-0.39, 0.29) is 77.2 Å². The molecule has 490 valence electrons. The van der Waals surface area contributed by atoms with Crippen molar-refractivity contribution in [3.8, 4) is 0 Å². The molecule has 1 aromatic heterocycles. The van der Waals surface area contributed by atoms with Crippen LogP contribution in [0.1, 0.15) is 150 Å². The third-order valence-corrected chi connectivity index (χ3v) is 21.3. The number of fused-ring (bicyclic) bond motifs is 6. The summed E-state index contributed by atoms with van der Waals surface area (Å²) in [4.78, 5) is 131. The summed E-state index contributed by atoms with van der Waals surface area (Å²) in [7, 11) is -5.07. The molecule has 8 rings (SSSR count). The van der Waals surface area contributed by atoms with Gasteiger partial charge >= 0.3 is 7.82 Å². The average molecular weight is 1270 g/mol. The second-order valence-electron chi connectivity index (χ2n) is 26.8. The van der Waals surface area contributed by atoms with E-state index in [0.717, 1.165) is 11.1 Å². The fourth-order valence-corrected chi connectivity index (χ4v) is 16.2. The molecule has 0 spiro atoms. The average Bonchev–Trinajstić information content (AvgIpc) is 1.53. The van der Waals surface area contributed by atoms with Crippen LogP contribution in [0.2, 0.25) is 0 Å². The first-order valence-corrected chi connectivity index (χ1v) is 31.9. The number of nitrogens with one attached hydrogen (secondary N) is 1. The number of aliphatic hydroxyl groups is 2. The molecule has 27 nitrogen and oxygen atoms in total. The second kappa shape index (κ2) is 25.5. The zero-order valence-corrected chi connectivity index (χ0v) is 54.0. The zero-order chi connectivity index (χ0) is 66.7. The lowest BCUT2D eigenvalue weighted by atomic mass is 9.56. The van der Waals surface area contributed by atoms with Crippen LogP contribution in [0.15, 0.2) is 72.7 Å². The van der Waals surface area contributed by atoms with Gasteiger partial charge in [-0.3, -0.25) is 62.6 Å². The maximum Gasteiger partial charge on any atom is 0.472 e. The number of phosphoric ester groups is 1. The molecule has 12 unspecified atom stereocenters. The van der Waals surface area contributed by atoms with Crippen molar-refractivity contribution in [1.29, 1.82) is 0 Å². The first kappa shape index (κ1) is 68.8. The van der Waals surface area contributed by atoms with E-state index in [2.05, 4.69) is 10.3 Å². The molecule has 6 aliphatic heterocycles. The maximum atomic E-state index is 14.4. The number of aryl methyl sites for hydroxylation is 2. The van der Waals surface area contributed by atoms with Gasteiger partial charge in [-0.05, 0) is 108 Å². The van der Waals surface area contributed by atoms with Crippen molar-refractivity contribution >= 4 is 83.1 Å². The van der Waals surface area contributed by atoms with E-state index in [4.69, 9.17) is 68.2 Å². The van der Waals surface area contributed by atoms with Crippen molar-refractivity contribution in [1.82, 2.24) is 14.9 Å². The number of rotatable bonds is 26. The van der Waals surface area contributed by atoms with Gasteiger partial charge in [0, 0.05) is 120 Å². The number of hydrogen-bond donors (Lipinski definition) is 10. The van der Waals surface area contributed by atoms with Crippen LogP contribution in [0.3, 0.4) is 0 Å². The van der Waals surface area contributed by atoms with Crippen LogP contribution in [-0.4, -0.2) is 132 Å². The lowest BCUT2D eigenvalue weighted by Crippen LogP contribution is -2.54. The molecule has 7 amide bonds. The van der Waals surface area contributed by atoms with Crippen molar-refractivity contribution in [3.05, 3.63) is 63.9 Å². The SMILES string of the molecule is C/C1=C2N=C(/C=C3N=C(/C(C)=C4\N=C(C(CC(N)=O)C4(C)CCC(=O)NCC(C)OP(=O)(O)OC4C(O)[C@@H](n5cnc6cc(C)c(C)cc65)O[C@@H]4CO)C4(C)N=C1C(CCC(N)=O)C4(C)CC(N)=O)C(CCC(N)=O)C\3(C)C)C(CCC(N)=O)C/2(C)CC(N)=O. The normalized spacial score (nSPS) is 33.4. The summed E-state index contributed by atoms with van der Waals surface area (Å²) >= 11 is 0. The topological polar surface area (TPSA) is 460 Å². The Hall–Kier alpha value is -7.13.